The van der Waals surface area contributed by atoms with Gasteiger partial charge in [-0.2, -0.15) is 0 Å². The van der Waals surface area contributed by atoms with Crippen molar-refractivity contribution in [2.24, 2.45) is 35.5 Å². The number of nitrogens with zero attached hydrogens (tertiary/aromatic N) is 1. The van der Waals surface area contributed by atoms with E-state index in [9.17, 15) is 19.2 Å². The van der Waals surface area contributed by atoms with Gasteiger partial charge in [0.1, 0.15) is 12.3 Å². The van der Waals surface area contributed by atoms with Crippen molar-refractivity contribution in [2.75, 3.05) is 20.3 Å². The van der Waals surface area contributed by atoms with Gasteiger partial charge in [0.15, 0.2) is 12.4 Å². The zero-order valence-electron chi connectivity index (χ0n) is 15.9. The summed E-state index contributed by atoms with van der Waals surface area (Å²) in [6.45, 7) is -0.874. The van der Waals surface area contributed by atoms with Crippen LogP contribution in [-0.4, -0.2) is 48.7 Å². The van der Waals surface area contributed by atoms with Crippen LogP contribution < -0.4 is 4.74 Å². The van der Waals surface area contributed by atoms with Crippen LogP contribution in [-0.2, 0) is 19.1 Å². The van der Waals surface area contributed by atoms with E-state index in [1.54, 1.807) is 24.3 Å². The lowest BCUT2D eigenvalue weighted by Gasteiger charge is -2.37. The number of rotatable bonds is 6. The van der Waals surface area contributed by atoms with Crippen LogP contribution in [0.4, 0.5) is 0 Å². The predicted molar refractivity (Wildman–Crippen MR) is 99.7 cm³/mol. The first-order valence-electron chi connectivity index (χ1n) is 9.86. The zero-order valence-corrected chi connectivity index (χ0v) is 15.9. The number of hydrogen-bond acceptors (Lipinski definition) is 6. The zero-order chi connectivity index (χ0) is 20.3. The molecule has 0 N–H and O–H groups in total. The molecule has 29 heavy (non-hydrogen) atoms. The van der Waals surface area contributed by atoms with Crippen LogP contribution in [0.2, 0.25) is 0 Å². The minimum absolute atomic E-state index is 0.115. The van der Waals surface area contributed by atoms with E-state index < -0.39 is 19.1 Å². The molecule has 7 nitrogen and oxygen atoms in total. The Morgan fingerprint density at radius 3 is 2.14 bits per heavy atom. The van der Waals surface area contributed by atoms with Crippen molar-refractivity contribution in [2.45, 2.75) is 6.42 Å². The number of esters is 1. The van der Waals surface area contributed by atoms with Gasteiger partial charge in [0.25, 0.3) is 0 Å². The lowest BCUT2D eigenvalue weighted by molar-refractivity contribution is -0.152. The summed E-state index contributed by atoms with van der Waals surface area (Å²) in [5.74, 6) is -0.473. The smallest absolute Gasteiger partial charge is 0.326 e. The van der Waals surface area contributed by atoms with Gasteiger partial charge in [-0.3, -0.25) is 24.1 Å². The average Bonchev–Trinajstić information content (AvgIpc) is 3.53. The molecule has 3 fully saturated rings. The molecule has 0 radical (unpaired) electrons. The number of allylic oxidation sites excluding steroid dienone is 2. The lowest BCUT2D eigenvalue weighted by atomic mass is 9.63. The topological polar surface area (TPSA) is 90.0 Å². The second-order valence-electron chi connectivity index (χ2n) is 8.23. The SMILES string of the molecule is COc1ccc(C(=O)COC(=O)CN2C(=O)[C@@H]3[C@H]4C=C[C@@H]([C@@H]5C[C@@H]45)[C@H]3C2=O)cc1. The number of methoxy groups -OCH3 is 1. The van der Waals surface area contributed by atoms with Gasteiger partial charge in [0.05, 0.1) is 18.9 Å². The second kappa shape index (κ2) is 6.54. The highest BCUT2D eigenvalue weighted by atomic mass is 16.5. The van der Waals surface area contributed by atoms with E-state index in [1.165, 1.54) is 7.11 Å². The third-order valence-corrected chi connectivity index (χ3v) is 6.82. The number of imide groups is 1. The Hall–Kier alpha value is -2.96. The van der Waals surface area contributed by atoms with Crippen molar-refractivity contribution in [3.05, 3.63) is 42.0 Å². The maximum atomic E-state index is 12.8. The number of ether oxygens (including phenoxy) is 2. The molecule has 1 aliphatic heterocycles. The van der Waals surface area contributed by atoms with Gasteiger partial charge in [0.2, 0.25) is 11.8 Å². The van der Waals surface area contributed by atoms with Crippen molar-refractivity contribution in [1.29, 1.82) is 0 Å². The average molecular weight is 395 g/mol. The molecular formula is C22H21NO6. The van der Waals surface area contributed by atoms with Crippen LogP contribution in [0.15, 0.2) is 36.4 Å². The summed E-state index contributed by atoms with van der Waals surface area (Å²) in [5.41, 5.74) is 0.389. The number of likely N-dealkylation sites (tertiary alicyclic amines) is 1. The van der Waals surface area contributed by atoms with Gasteiger partial charge >= 0.3 is 5.97 Å². The molecule has 150 valence electrons. The van der Waals surface area contributed by atoms with Gasteiger partial charge in [-0.15, -0.1) is 0 Å². The summed E-state index contributed by atoms with van der Waals surface area (Å²) in [6, 6.07) is 6.46. The number of Topliss-reactive ketones (excluding diaryl/α,β-unsaturated/α-hetero) is 1. The number of hydrogen-bond donors (Lipinski definition) is 0. The Balaban J connectivity index is 1.20. The fraction of sp³-hybridized carbons (Fsp3) is 0.455. The van der Waals surface area contributed by atoms with Gasteiger partial charge in [0, 0.05) is 5.56 Å². The number of ketones is 1. The minimum Gasteiger partial charge on any atom is -0.497 e. The van der Waals surface area contributed by atoms with E-state index in [2.05, 4.69) is 12.2 Å². The van der Waals surface area contributed by atoms with Crippen LogP contribution in [0.1, 0.15) is 16.8 Å². The molecule has 1 heterocycles. The molecule has 6 rings (SSSR count). The molecule has 1 saturated heterocycles. The summed E-state index contributed by atoms with van der Waals surface area (Å²) in [6.07, 6.45) is 5.26. The summed E-state index contributed by atoms with van der Waals surface area (Å²) in [4.78, 5) is 51.1. The van der Waals surface area contributed by atoms with Crippen LogP contribution in [0.25, 0.3) is 0 Å². The number of carbonyl (C=O) groups is 4. The van der Waals surface area contributed by atoms with E-state index in [-0.39, 0.29) is 41.3 Å². The third-order valence-electron chi connectivity index (χ3n) is 6.82. The van der Waals surface area contributed by atoms with Crippen molar-refractivity contribution in [1.82, 2.24) is 4.90 Å². The largest absolute Gasteiger partial charge is 0.497 e. The Morgan fingerprint density at radius 1 is 1.00 bits per heavy atom. The predicted octanol–water partition coefficient (Wildman–Crippen LogP) is 1.47. The van der Waals surface area contributed by atoms with E-state index in [4.69, 9.17) is 9.47 Å². The Bertz CT molecular complexity index is 899. The lowest BCUT2D eigenvalue weighted by Crippen LogP contribution is -2.40. The van der Waals surface area contributed by atoms with Gasteiger partial charge in [-0.1, -0.05) is 12.2 Å². The van der Waals surface area contributed by atoms with Crippen LogP contribution >= 0.6 is 0 Å². The highest BCUT2D eigenvalue weighted by Gasteiger charge is 2.67. The highest BCUT2D eigenvalue weighted by molar-refractivity contribution is 6.08. The van der Waals surface area contributed by atoms with Gasteiger partial charge < -0.3 is 9.47 Å². The highest BCUT2D eigenvalue weighted by Crippen LogP contribution is 2.65. The number of benzene rings is 1. The molecule has 2 amide bonds. The van der Waals surface area contributed by atoms with E-state index in [0.29, 0.717) is 23.1 Å². The Morgan fingerprint density at radius 2 is 1.59 bits per heavy atom. The third kappa shape index (κ3) is 2.79. The van der Waals surface area contributed by atoms with Crippen molar-refractivity contribution < 1.29 is 28.7 Å². The molecule has 2 bridgehead atoms. The monoisotopic (exact) mass is 395 g/mol. The van der Waals surface area contributed by atoms with Crippen LogP contribution in [0, 0.1) is 35.5 Å². The molecule has 1 aromatic carbocycles. The molecule has 1 aromatic rings. The fourth-order valence-corrected chi connectivity index (χ4v) is 5.36. The van der Waals surface area contributed by atoms with E-state index in [0.717, 1.165) is 11.3 Å². The van der Waals surface area contributed by atoms with Crippen molar-refractivity contribution in [3.8, 4) is 5.75 Å². The molecule has 0 unspecified atom stereocenters. The summed E-state index contributed by atoms with van der Waals surface area (Å²) in [5, 5.41) is 0. The van der Waals surface area contributed by atoms with Crippen LogP contribution in [0.5, 0.6) is 5.75 Å². The molecule has 7 heteroatoms. The summed E-state index contributed by atoms with van der Waals surface area (Å²) < 4.78 is 10.1. The molecule has 0 spiro atoms. The van der Waals surface area contributed by atoms with Gasteiger partial charge in [-0.25, -0.2) is 0 Å². The first kappa shape index (κ1) is 18.1. The quantitative estimate of drug-likeness (QED) is 0.314. The number of carbonyl (C=O) groups excluding carboxylic acids is 4. The van der Waals surface area contributed by atoms with E-state index in [1.807, 2.05) is 0 Å². The maximum Gasteiger partial charge on any atom is 0.326 e. The molecule has 6 atom stereocenters. The maximum absolute atomic E-state index is 12.8. The molecule has 4 aliphatic carbocycles. The van der Waals surface area contributed by atoms with Crippen molar-refractivity contribution >= 4 is 23.6 Å². The minimum atomic E-state index is -0.752. The molecular weight excluding hydrogens is 374 g/mol. The van der Waals surface area contributed by atoms with E-state index >= 15 is 0 Å². The molecule has 0 aromatic heterocycles. The molecule has 5 aliphatic rings. The molecule has 2 saturated carbocycles. The summed E-state index contributed by atoms with van der Waals surface area (Å²) in [7, 11) is 1.53. The summed E-state index contributed by atoms with van der Waals surface area (Å²) >= 11 is 0. The Labute approximate surface area is 167 Å². The first-order valence-corrected chi connectivity index (χ1v) is 9.86. The van der Waals surface area contributed by atoms with Crippen LogP contribution in [0.3, 0.4) is 0 Å². The fourth-order valence-electron chi connectivity index (χ4n) is 5.36. The standard InChI is InChI=1S/C22H21NO6/c1-28-12-4-2-11(3-5-12)17(24)10-29-18(25)9-23-21(26)19-13-6-7-14(16-8-15(13)16)20(19)22(23)27/h2-7,13-16,19-20H,8-10H2,1H3/t13-,14-,15-,16-,19+,20+/m0/s1. The Kier molecular flexibility index (Phi) is 4.08. The second-order valence-corrected chi connectivity index (χ2v) is 8.23. The normalized spacial score (nSPS) is 33.3. The van der Waals surface area contributed by atoms with Crippen molar-refractivity contribution in [3.63, 3.8) is 0 Å². The number of amides is 2. The van der Waals surface area contributed by atoms with Gasteiger partial charge in [-0.05, 0) is 54.4 Å². The first-order chi connectivity index (χ1) is 14.0.